The molecule has 0 aliphatic rings. The number of benzene rings is 1. The largest absolute Gasteiger partial charge is 0.494 e. The molecular formula is C15H12FN3O2. The summed E-state index contributed by atoms with van der Waals surface area (Å²) in [6.07, 6.45) is 3.32. The van der Waals surface area contributed by atoms with Gasteiger partial charge in [0, 0.05) is 23.5 Å². The van der Waals surface area contributed by atoms with Crippen LogP contribution in [0.2, 0.25) is 0 Å². The zero-order valence-corrected chi connectivity index (χ0v) is 11.2. The summed E-state index contributed by atoms with van der Waals surface area (Å²) in [5, 5.41) is 3.96. The van der Waals surface area contributed by atoms with Crippen molar-refractivity contribution in [2.75, 3.05) is 12.8 Å². The molecule has 0 aliphatic carbocycles. The Morgan fingerprint density at radius 2 is 2.10 bits per heavy atom. The molecule has 2 aromatic heterocycles. The highest BCUT2D eigenvalue weighted by Crippen LogP contribution is 2.37. The number of ether oxygens (including phenoxy) is 1. The second kappa shape index (κ2) is 5.24. The Morgan fingerprint density at radius 3 is 2.81 bits per heavy atom. The summed E-state index contributed by atoms with van der Waals surface area (Å²) in [5.74, 6) is -0.131. The van der Waals surface area contributed by atoms with E-state index in [9.17, 15) is 4.39 Å². The van der Waals surface area contributed by atoms with Gasteiger partial charge in [0.25, 0.3) is 0 Å². The van der Waals surface area contributed by atoms with Crippen LogP contribution in [0.1, 0.15) is 0 Å². The Kier molecular flexibility index (Phi) is 3.27. The number of hydrogen-bond donors (Lipinski definition) is 1. The lowest BCUT2D eigenvalue weighted by atomic mass is 10.0. The molecule has 5 nitrogen and oxygen atoms in total. The number of nitrogens with zero attached hydrogens (tertiary/aromatic N) is 2. The molecule has 0 aliphatic heterocycles. The second-order valence-corrected chi connectivity index (χ2v) is 4.36. The normalized spacial score (nSPS) is 10.6. The molecule has 0 saturated heterocycles. The molecule has 6 heteroatoms. The molecule has 21 heavy (non-hydrogen) atoms. The van der Waals surface area contributed by atoms with Gasteiger partial charge in [0.2, 0.25) is 5.88 Å². The van der Waals surface area contributed by atoms with Gasteiger partial charge >= 0.3 is 0 Å². The number of nitrogens with two attached hydrogens (primary N) is 1. The molecular weight excluding hydrogens is 273 g/mol. The minimum atomic E-state index is -0.444. The van der Waals surface area contributed by atoms with E-state index in [1.54, 1.807) is 30.6 Å². The Morgan fingerprint density at radius 1 is 1.24 bits per heavy atom. The fourth-order valence-electron chi connectivity index (χ4n) is 2.10. The first-order valence-corrected chi connectivity index (χ1v) is 6.20. The van der Waals surface area contributed by atoms with E-state index < -0.39 is 5.82 Å². The van der Waals surface area contributed by atoms with Crippen LogP contribution in [0.25, 0.3) is 22.4 Å². The first-order valence-electron chi connectivity index (χ1n) is 6.20. The third-order valence-corrected chi connectivity index (χ3v) is 3.09. The lowest BCUT2D eigenvalue weighted by Gasteiger charge is -2.05. The van der Waals surface area contributed by atoms with E-state index in [1.165, 1.54) is 13.2 Å². The van der Waals surface area contributed by atoms with Crippen LogP contribution in [0.4, 0.5) is 10.3 Å². The molecule has 3 aromatic rings. The number of pyridine rings is 1. The van der Waals surface area contributed by atoms with Crippen molar-refractivity contribution in [3.05, 3.63) is 48.5 Å². The topological polar surface area (TPSA) is 74.2 Å². The number of rotatable bonds is 3. The van der Waals surface area contributed by atoms with Crippen LogP contribution in [0.3, 0.4) is 0 Å². The number of anilines is 1. The molecule has 0 amide bonds. The molecule has 0 unspecified atom stereocenters. The molecule has 0 radical (unpaired) electrons. The van der Waals surface area contributed by atoms with Gasteiger partial charge in [-0.15, -0.1) is 0 Å². The number of hydrogen-bond acceptors (Lipinski definition) is 5. The summed E-state index contributed by atoms with van der Waals surface area (Å²) in [4.78, 5) is 4.05. The summed E-state index contributed by atoms with van der Waals surface area (Å²) in [6.45, 7) is 0. The van der Waals surface area contributed by atoms with E-state index in [4.69, 9.17) is 15.0 Å². The Balaban J connectivity index is 2.17. The average molecular weight is 285 g/mol. The van der Waals surface area contributed by atoms with Gasteiger partial charge in [-0.25, -0.2) is 4.39 Å². The fourth-order valence-corrected chi connectivity index (χ4v) is 2.10. The smallest absolute Gasteiger partial charge is 0.230 e. The predicted octanol–water partition coefficient (Wildman–Crippen LogP) is 3.13. The monoisotopic (exact) mass is 285 g/mol. The van der Waals surface area contributed by atoms with Crippen molar-refractivity contribution in [3.8, 4) is 28.1 Å². The maximum atomic E-state index is 13.5. The number of halogens is 1. The van der Waals surface area contributed by atoms with E-state index in [2.05, 4.69) is 10.1 Å². The van der Waals surface area contributed by atoms with Gasteiger partial charge in [-0.3, -0.25) is 4.98 Å². The van der Waals surface area contributed by atoms with Gasteiger partial charge in [0.05, 0.1) is 12.7 Å². The van der Waals surface area contributed by atoms with Gasteiger partial charge in [-0.1, -0.05) is 11.2 Å². The van der Waals surface area contributed by atoms with Gasteiger partial charge in [0.1, 0.15) is 5.69 Å². The number of nitrogen functional groups attached to an aromatic ring is 1. The molecule has 0 atom stereocenters. The Bertz CT molecular complexity index is 772. The first kappa shape index (κ1) is 13.1. The molecule has 2 N–H and O–H groups in total. The van der Waals surface area contributed by atoms with Gasteiger partial charge < -0.3 is 15.0 Å². The number of methoxy groups -OCH3 is 1. The van der Waals surface area contributed by atoms with Crippen molar-refractivity contribution in [1.29, 1.82) is 0 Å². The van der Waals surface area contributed by atoms with Crippen LogP contribution < -0.4 is 10.5 Å². The van der Waals surface area contributed by atoms with E-state index in [-0.39, 0.29) is 11.6 Å². The summed E-state index contributed by atoms with van der Waals surface area (Å²) < 4.78 is 23.6. The Hall–Kier alpha value is -2.89. The quantitative estimate of drug-likeness (QED) is 0.800. The zero-order valence-electron chi connectivity index (χ0n) is 11.2. The van der Waals surface area contributed by atoms with Crippen molar-refractivity contribution in [1.82, 2.24) is 10.1 Å². The van der Waals surface area contributed by atoms with E-state index in [1.807, 2.05) is 6.07 Å². The third kappa shape index (κ3) is 2.31. The van der Waals surface area contributed by atoms with Crippen molar-refractivity contribution in [3.63, 3.8) is 0 Å². The van der Waals surface area contributed by atoms with E-state index in [0.717, 1.165) is 5.56 Å². The third-order valence-electron chi connectivity index (χ3n) is 3.09. The van der Waals surface area contributed by atoms with Gasteiger partial charge in [-0.2, -0.15) is 0 Å². The molecule has 1 aromatic carbocycles. The van der Waals surface area contributed by atoms with Gasteiger partial charge in [0.15, 0.2) is 11.6 Å². The number of aromatic nitrogens is 2. The highest BCUT2D eigenvalue weighted by molar-refractivity contribution is 5.86. The average Bonchev–Trinajstić information content (AvgIpc) is 2.90. The van der Waals surface area contributed by atoms with Crippen LogP contribution >= 0.6 is 0 Å². The van der Waals surface area contributed by atoms with Crippen molar-refractivity contribution in [2.45, 2.75) is 0 Å². The van der Waals surface area contributed by atoms with E-state index >= 15 is 0 Å². The van der Waals surface area contributed by atoms with E-state index in [0.29, 0.717) is 16.8 Å². The lowest BCUT2D eigenvalue weighted by Crippen LogP contribution is -1.91. The highest BCUT2D eigenvalue weighted by Gasteiger charge is 2.18. The maximum absolute atomic E-state index is 13.5. The zero-order chi connectivity index (χ0) is 14.8. The van der Waals surface area contributed by atoms with Crippen molar-refractivity contribution >= 4 is 5.88 Å². The van der Waals surface area contributed by atoms with Crippen LogP contribution in [0, 0.1) is 5.82 Å². The Labute approximate surface area is 120 Å². The fraction of sp³-hybridized carbons (Fsp3) is 0.0667. The SMILES string of the molecule is COc1cc(-c2noc(N)c2-c2cccnc2)ccc1F. The standard InChI is InChI=1S/C15H12FN3O2/c1-20-12-7-9(4-5-11(12)16)14-13(15(17)21-19-14)10-3-2-6-18-8-10/h2-8H,17H2,1H3. The van der Waals surface area contributed by atoms with Gasteiger partial charge in [-0.05, 0) is 24.3 Å². The lowest BCUT2D eigenvalue weighted by molar-refractivity contribution is 0.386. The minimum Gasteiger partial charge on any atom is -0.494 e. The summed E-state index contributed by atoms with van der Waals surface area (Å²) >= 11 is 0. The van der Waals surface area contributed by atoms with Crippen LogP contribution in [0.5, 0.6) is 5.75 Å². The minimum absolute atomic E-state index is 0.131. The van der Waals surface area contributed by atoms with Crippen LogP contribution in [-0.2, 0) is 0 Å². The molecule has 2 heterocycles. The molecule has 0 fully saturated rings. The molecule has 3 rings (SSSR count). The highest BCUT2D eigenvalue weighted by atomic mass is 19.1. The summed E-state index contributed by atoms with van der Waals surface area (Å²) in [7, 11) is 1.40. The summed E-state index contributed by atoms with van der Waals surface area (Å²) in [6, 6.07) is 8.09. The van der Waals surface area contributed by atoms with Crippen molar-refractivity contribution < 1.29 is 13.7 Å². The van der Waals surface area contributed by atoms with Crippen LogP contribution in [-0.4, -0.2) is 17.3 Å². The first-order chi connectivity index (χ1) is 10.2. The molecule has 0 spiro atoms. The molecule has 0 bridgehead atoms. The molecule has 106 valence electrons. The summed E-state index contributed by atoms with van der Waals surface area (Å²) in [5.41, 5.74) is 8.40. The predicted molar refractivity (Wildman–Crippen MR) is 76.1 cm³/mol. The second-order valence-electron chi connectivity index (χ2n) is 4.36. The van der Waals surface area contributed by atoms with Crippen LogP contribution in [0.15, 0.2) is 47.2 Å². The van der Waals surface area contributed by atoms with Crippen molar-refractivity contribution in [2.24, 2.45) is 0 Å². The maximum Gasteiger partial charge on any atom is 0.230 e. The molecule has 0 saturated carbocycles.